The molecule has 0 spiro atoms. The number of unbranched alkanes of at least 4 members (excludes halogenated alkanes) is 1. The summed E-state index contributed by atoms with van der Waals surface area (Å²) in [7, 11) is 0. The summed E-state index contributed by atoms with van der Waals surface area (Å²) in [4.78, 5) is 16.6. The number of aromatic carboxylic acids is 1. The first-order valence-electron chi connectivity index (χ1n) is 11.6. The highest BCUT2D eigenvalue weighted by molar-refractivity contribution is 5.89. The molecule has 0 atom stereocenters. The van der Waals surface area contributed by atoms with Gasteiger partial charge in [-0.25, -0.2) is 4.79 Å². The number of carbonyl (C=O) groups is 1. The van der Waals surface area contributed by atoms with E-state index in [0.29, 0.717) is 16.9 Å². The van der Waals surface area contributed by atoms with Gasteiger partial charge in [-0.15, -0.1) is 0 Å². The maximum Gasteiger partial charge on any atom is 0.335 e. The van der Waals surface area contributed by atoms with Gasteiger partial charge in [0.05, 0.1) is 5.56 Å². The van der Waals surface area contributed by atoms with Crippen molar-refractivity contribution in [2.24, 2.45) is 11.3 Å². The fourth-order valence-electron chi connectivity index (χ4n) is 5.16. The molecule has 1 aliphatic heterocycles. The van der Waals surface area contributed by atoms with E-state index in [0.717, 1.165) is 32.1 Å². The quantitative estimate of drug-likeness (QED) is 0.672. The van der Waals surface area contributed by atoms with Gasteiger partial charge in [-0.05, 0) is 73.6 Å². The van der Waals surface area contributed by atoms with E-state index in [1.54, 1.807) is 0 Å². The Morgan fingerprint density at radius 2 is 1.72 bits per heavy atom. The van der Waals surface area contributed by atoms with Crippen molar-refractivity contribution in [1.29, 1.82) is 0 Å². The van der Waals surface area contributed by atoms with Gasteiger partial charge in [0, 0.05) is 31.9 Å². The Morgan fingerprint density at radius 1 is 1.07 bits per heavy atom. The molecule has 0 aromatic heterocycles. The van der Waals surface area contributed by atoms with E-state index >= 15 is 0 Å². The van der Waals surface area contributed by atoms with Crippen molar-refractivity contribution in [3.05, 3.63) is 29.3 Å². The average Bonchev–Trinajstić information content (AvgIpc) is 2.71. The first-order valence-corrected chi connectivity index (χ1v) is 11.6. The molecule has 1 saturated carbocycles. The van der Waals surface area contributed by atoms with Crippen LogP contribution in [0.1, 0.15) is 88.1 Å². The number of carboxylic acids is 1. The molecule has 1 saturated heterocycles. The predicted octanol–water partition coefficient (Wildman–Crippen LogP) is 5.63. The van der Waals surface area contributed by atoms with Gasteiger partial charge < -0.3 is 10.0 Å². The van der Waals surface area contributed by atoms with Crippen LogP contribution in [0.4, 0.5) is 5.69 Å². The summed E-state index contributed by atoms with van der Waals surface area (Å²) >= 11 is 0. The topological polar surface area (TPSA) is 43.8 Å². The van der Waals surface area contributed by atoms with Crippen molar-refractivity contribution in [3.8, 4) is 0 Å². The van der Waals surface area contributed by atoms with Gasteiger partial charge in [0.15, 0.2) is 0 Å². The summed E-state index contributed by atoms with van der Waals surface area (Å²) < 4.78 is 0. The van der Waals surface area contributed by atoms with Crippen molar-refractivity contribution in [1.82, 2.24) is 4.90 Å². The molecular weight excluding hydrogens is 360 g/mol. The Kier molecular flexibility index (Phi) is 7.26. The third-order valence-corrected chi connectivity index (χ3v) is 7.21. The Bertz CT molecular complexity index is 679. The number of carboxylic acid groups (broad SMARTS) is 1. The molecule has 4 nitrogen and oxygen atoms in total. The number of hydrogen-bond acceptors (Lipinski definition) is 3. The lowest BCUT2D eigenvalue weighted by Gasteiger charge is -2.40. The van der Waals surface area contributed by atoms with Crippen LogP contribution in [-0.4, -0.2) is 48.7 Å². The molecule has 1 heterocycles. The van der Waals surface area contributed by atoms with Crippen molar-refractivity contribution in [2.75, 3.05) is 37.6 Å². The molecular formula is C25H40N2O2. The second-order valence-electron chi connectivity index (χ2n) is 10.2. The van der Waals surface area contributed by atoms with E-state index in [-0.39, 0.29) is 0 Å². The summed E-state index contributed by atoms with van der Waals surface area (Å²) in [5, 5.41) is 9.55. The van der Waals surface area contributed by atoms with Crippen LogP contribution in [0.15, 0.2) is 18.2 Å². The monoisotopic (exact) mass is 400 g/mol. The van der Waals surface area contributed by atoms with Crippen LogP contribution < -0.4 is 4.90 Å². The number of benzene rings is 1. The molecule has 1 aromatic carbocycles. The largest absolute Gasteiger partial charge is 0.478 e. The summed E-state index contributed by atoms with van der Waals surface area (Å²) in [6.45, 7) is 14.7. The fourth-order valence-corrected chi connectivity index (χ4v) is 5.16. The maximum absolute atomic E-state index is 11.6. The second kappa shape index (κ2) is 9.51. The van der Waals surface area contributed by atoms with Crippen LogP contribution in [0, 0.1) is 11.3 Å². The normalized spacial score (nSPS) is 23.9. The Morgan fingerprint density at radius 3 is 2.28 bits per heavy atom. The van der Waals surface area contributed by atoms with Gasteiger partial charge in [-0.2, -0.15) is 0 Å². The number of nitrogens with zero attached hydrogens (tertiary/aromatic N) is 2. The van der Waals surface area contributed by atoms with Crippen LogP contribution in [0.25, 0.3) is 0 Å². The second-order valence-corrected chi connectivity index (χ2v) is 10.2. The van der Waals surface area contributed by atoms with Gasteiger partial charge >= 0.3 is 5.97 Å². The van der Waals surface area contributed by atoms with E-state index in [4.69, 9.17) is 0 Å². The van der Waals surface area contributed by atoms with Crippen LogP contribution >= 0.6 is 0 Å². The summed E-state index contributed by atoms with van der Waals surface area (Å²) in [6, 6.07) is 5.87. The van der Waals surface area contributed by atoms with E-state index in [1.807, 2.05) is 12.1 Å². The predicted molar refractivity (Wildman–Crippen MR) is 121 cm³/mol. The lowest BCUT2D eigenvalue weighted by molar-refractivity contribution is 0.0697. The molecule has 2 aliphatic rings. The van der Waals surface area contributed by atoms with Crippen LogP contribution in [0.5, 0.6) is 0 Å². The van der Waals surface area contributed by atoms with Crippen molar-refractivity contribution >= 4 is 11.7 Å². The minimum absolute atomic E-state index is 0.385. The number of anilines is 1. The summed E-state index contributed by atoms with van der Waals surface area (Å²) in [5.41, 5.74) is 3.36. The zero-order valence-electron chi connectivity index (χ0n) is 18.9. The van der Waals surface area contributed by atoms with Crippen LogP contribution in [0.2, 0.25) is 0 Å². The van der Waals surface area contributed by atoms with Crippen molar-refractivity contribution in [3.63, 3.8) is 0 Å². The average molecular weight is 401 g/mol. The van der Waals surface area contributed by atoms with Gasteiger partial charge in [0.2, 0.25) is 0 Å². The summed E-state index contributed by atoms with van der Waals surface area (Å²) in [5.74, 6) is 0.531. The molecule has 1 N–H and O–H groups in total. The van der Waals surface area contributed by atoms with E-state index in [1.165, 1.54) is 56.3 Å². The SMILES string of the molecule is CCCCN1CCN(c2cc(C(=O)O)ccc2C2CCC(C(C)(C)C)CC2)CC1. The fraction of sp³-hybridized carbons (Fsp3) is 0.720. The number of piperazine rings is 1. The molecule has 1 aromatic rings. The van der Waals surface area contributed by atoms with Gasteiger partial charge in [0.25, 0.3) is 0 Å². The smallest absolute Gasteiger partial charge is 0.335 e. The number of hydrogen-bond donors (Lipinski definition) is 1. The van der Waals surface area contributed by atoms with Gasteiger partial charge in [0.1, 0.15) is 0 Å². The molecule has 0 bridgehead atoms. The highest BCUT2D eigenvalue weighted by Gasteiger charge is 2.32. The van der Waals surface area contributed by atoms with E-state index in [9.17, 15) is 9.90 Å². The first kappa shape index (κ1) is 22.1. The molecule has 2 fully saturated rings. The van der Waals surface area contributed by atoms with E-state index in [2.05, 4.69) is 43.6 Å². The molecule has 162 valence electrons. The molecule has 29 heavy (non-hydrogen) atoms. The van der Waals surface area contributed by atoms with E-state index < -0.39 is 5.97 Å². The molecule has 0 amide bonds. The molecule has 4 heteroatoms. The Balaban J connectivity index is 1.76. The third-order valence-electron chi connectivity index (χ3n) is 7.21. The lowest BCUT2D eigenvalue weighted by Crippen LogP contribution is -2.47. The van der Waals surface area contributed by atoms with Crippen molar-refractivity contribution < 1.29 is 9.90 Å². The highest BCUT2D eigenvalue weighted by atomic mass is 16.4. The van der Waals surface area contributed by atoms with Crippen molar-refractivity contribution in [2.45, 2.75) is 72.1 Å². The maximum atomic E-state index is 11.6. The molecule has 0 unspecified atom stereocenters. The minimum atomic E-state index is -0.823. The molecule has 1 aliphatic carbocycles. The lowest BCUT2D eigenvalue weighted by atomic mass is 9.68. The third kappa shape index (κ3) is 5.53. The van der Waals surface area contributed by atoms with Crippen LogP contribution in [0.3, 0.4) is 0 Å². The zero-order valence-corrected chi connectivity index (χ0v) is 18.9. The summed E-state index contributed by atoms with van der Waals surface area (Å²) in [6.07, 6.45) is 7.49. The standard InChI is InChI=1S/C25H40N2O2/c1-5-6-13-26-14-16-27(17-15-26)23-18-20(24(28)29)9-12-22(23)19-7-10-21(11-8-19)25(2,3)4/h9,12,18-19,21H,5-8,10-11,13-17H2,1-4H3,(H,28,29). The highest BCUT2D eigenvalue weighted by Crippen LogP contribution is 2.45. The zero-order chi connectivity index (χ0) is 21.0. The Labute approximate surface area is 177 Å². The van der Waals surface area contributed by atoms with Gasteiger partial charge in [-0.3, -0.25) is 4.90 Å². The van der Waals surface area contributed by atoms with Crippen LogP contribution in [-0.2, 0) is 0 Å². The molecule has 0 radical (unpaired) electrons. The minimum Gasteiger partial charge on any atom is -0.478 e. The molecule has 3 rings (SSSR count). The first-order chi connectivity index (χ1) is 13.8. The van der Waals surface area contributed by atoms with Gasteiger partial charge in [-0.1, -0.05) is 40.2 Å². The number of rotatable bonds is 6. The Hall–Kier alpha value is -1.55.